The summed E-state index contributed by atoms with van der Waals surface area (Å²) in [5.74, 6) is -0.424. The number of morpholine rings is 1. The number of nitrogens with one attached hydrogen (secondary N) is 2. The molecule has 0 unspecified atom stereocenters. The standard InChI is InChI=1S/C37H39FN6O3/c1-22-34(43(2)21-40-22)24-8-10-27(11-9-24)41-35(45)33(42-36(46)37(38)13-14-37)30-5-3-4-23-6-7-25(16-31(23)30)26-12-15-39-32(17-26)44-19-29-18-28(44)20-47-29/h6-12,15-17,21,28-30,33H,3-5,13-14,18-20H2,1-2H3,(H,41,45)(H,42,46)/t28-,29-,30-,33+/m1/s1. The summed E-state index contributed by atoms with van der Waals surface area (Å²) in [6, 6.07) is 17.6. The van der Waals surface area contributed by atoms with Gasteiger partial charge in [0.15, 0.2) is 5.67 Å². The lowest BCUT2D eigenvalue weighted by atomic mass is 9.77. The Kier molecular flexibility index (Phi) is 7.35. The zero-order valence-corrected chi connectivity index (χ0v) is 26.7. The number of pyridine rings is 1. The van der Waals surface area contributed by atoms with E-state index in [2.05, 4.69) is 49.8 Å². The summed E-state index contributed by atoms with van der Waals surface area (Å²) in [6.45, 7) is 3.55. The highest BCUT2D eigenvalue weighted by molar-refractivity contribution is 6.00. The Morgan fingerprint density at radius 2 is 1.83 bits per heavy atom. The first-order valence-electron chi connectivity index (χ1n) is 16.6. The molecule has 10 heteroatoms. The third-order valence-electron chi connectivity index (χ3n) is 10.4. The quantitative estimate of drug-likeness (QED) is 0.266. The smallest absolute Gasteiger partial charge is 0.258 e. The van der Waals surface area contributed by atoms with Gasteiger partial charge in [0, 0.05) is 37.0 Å². The normalized spacial score (nSPS) is 22.9. The largest absolute Gasteiger partial charge is 0.374 e. The number of hydrogen-bond acceptors (Lipinski definition) is 6. The molecule has 1 saturated carbocycles. The number of anilines is 2. The predicted molar refractivity (Wildman–Crippen MR) is 178 cm³/mol. The summed E-state index contributed by atoms with van der Waals surface area (Å²) in [5.41, 5.74) is 5.85. The van der Waals surface area contributed by atoms with Gasteiger partial charge >= 0.3 is 0 Å². The SMILES string of the molecule is Cc1ncn(C)c1-c1ccc(NC(=O)[C@@H](NC(=O)C2(F)CC2)[C@@H]2CCCc3ccc(-c4ccnc(N5C[C@H]6C[C@@H]5CO6)c4)cc32)cc1. The van der Waals surface area contributed by atoms with E-state index in [-0.39, 0.29) is 30.8 Å². The maximum atomic E-state index is 15.0. The molecule has 9 nitrogen and oxygen atoms in total. The fraction of sp³-hybridized carbons (Fsp3) is 0.405. The Labute approximate surface area is 273 Å². The molecule has 2 aromatic heterocycles. The summed E-state index contributed by atoms with van der Waals surface area (Å²) in [4.78, 5) is 38.5. The van der Waals surface area contributed by atoms with Crippen LogP contribution in [0.4, 0.5) is 15.9 Å². The van der Waals surface area contributed by atoms with E-state index in [0.29, 0.717) is 18.2 Å². The molecule has 2 N–H and O–H groups in total. The zero-order chi connectivity index (χ0) is 32.3. The summed E-state index contributed by atoms with van der Waals surface area (Å²) >= 11 is 0. The van der Waals surface area contributed by atoms with Crippen LogP contribution in [0, 0.1) is 6.92 Å². The van der Waals surface area contributed by atoms with Crippen LogP contribution >= 0.6 is 0 Å². The third kappa shape index (κ3) is 5.58. The molecule has 8 rings (SSSR count). The van der Waals surface area contributed by atoms with Gasteiger partial charge in [0.1, 0.15) is 11.9 Å². The zero-order valence-electron chi connectivity index (χ0n) is 26.7. The number of imidazole rings is 1. The van der Waals surface area contributed by atoms with Crippen LogP contribution in [0.1, 0.15) is 54.8 Å². The summed E-state index contributed by atoms with van der Waals surface area (Å²) in [7, 11) is 1.95. The molecule has 4 aliphatic rings. The molecule has 242 valence electrons. The van der Waals surface area contributed by atoms with Crippen LogP contribution in [0.3, 0.4) is 0 Å². The average Bonchev–Trinajstić information content (AvgIpc) is 3.37. The summed E-state index contributed by atoms with van der Waals surface area (Å²) in [6.07, 6.45) is 7.76. The van der Waals surface area contributed by atoms with E-state index < -0.39 is 17.6 Å². The van der Waals surface area contributed by atoms with Gasteiger partial charge < -0.3 is 24.8 Å². The first kappa shape index (κ1) is 29.8. The number of carbonyl (C=O) groups is 2. The van der Waals surface area contributed by atoms with Gasteiger partial charge in [0.25, 0.3) is 5.91 Å². The number of benzene rings is 2. The lowest BCUT2D eigenvalue weighted by molar-refractivity contribution is -0.131. The molecule has 4 heterocycles. The molecule has 2 bridgehead atoms. The Morgan fingerprint density at radius 3 is 2.53 bits per heavy atom. The van der Waals surface area contributed by atoms with E-state index in [1.54, 1.807) is 6.33 Å². The van der Waals surface area contributed by atoms with Gasteiger partial charge in [0.2, 0.25) is 5.91 Å². The molecule has 4 atom stereocenters. The van der Waals surface area contributed by atoms with E-state index >= 15 is 0 Å². The van der Waals surface area contributed by atoms with E-state index in [4.69, 9.17) is 4.74 Å². The average molecular weight is 635 g/mol. The number of fused-ring (bicyclic) bond motifs is 3. The highest BCUT2D eigenvalue weighted by Crippen LogP contribution is 2.42. The monoisotopic (exact) mass is 634 g/mol. The molecule has 0 radical (unpaired) electrons. The summed E-state index contributed by atoms with van der Waals surface area (Å²) in [5, 5.41) is 5.88. The Morgan fingerprint density at radius 1 is 1.04 bits per heavy atom. The minimum absolute atomic E-state index is 0.183. The number of halogens is 1. The molecule has 2 saturated heterocycles. The van der Waals surface area contributed by atoms with Gasteiger partial charge in [-0.25, -0.2) is 14.4 Å². The molecular weight excluding hydrogens is 595 g/mol. The lowest BCUT2D eigenvalue weighted by Gasteiger charge is -2.33. The first-order valence-corrected chi connectivity index (χ1v) is 16.6. The van der Waals surface area contributed by atoms with Gasteiger partial charge in [-0.2, -0.15) is 0 Å². The van der Waals surface area contributed by atoms with Gasteiger partial charge in [-0.15, -0.1) is 0 Å². The molecule has 2 aromatic carbocycles. The van der Waals surface area contributed by atoms with Crippen molar-refractivity contribution >= 4 is 23.3 Å². The number of ether oxygens (including phenoxy) is 1. The van der Waals surface area contributed by atoms with Crippen molar-refractivity contribution in [1.82, 2.24) is 19.9 Å². The molecule has 2 aliphatic carbocycles. The number of rotatable bonds is 8. The second-order valence-corrected chi connectivity index (χ2v) is 13.6. The number of aryl methyl sites for hydroxylation is 3. The minimum atomic E-state index is -1.89. The van der Waals surface area contributed by atoms with Crippen molar-refractivity contribution < 1.29 is 18.7 Å². The van der Waals surface area contributed by atoms with Crippen LogP contribution in [0.25, 0.3) is 22.4 Å². The van der Waals surface area contributed by atoms with Crippen LogP contribution in [0.5, 0.6) is 0 Å². The molecule has 4 aromatic rings. The van der Waals surface area contributed by atoms with Crippen molar-refractivity contribution in [3.05, 3.63) is 83.9 Å². The van der Waals surface area contributed by atoms with Crippen LogP contribution in [0.2, 0.25) is 0 Å². The number of nitrogens with zero attached hydrogens (tertiary/aromatic N) is 4. The van der Waals surface area contributed by atoms with Gasteiger partial charge in [-0.05, 0) is 92.0 Å². The topological polar surface area (TPSA) is 101 Å². The van der Waals surface area contributed by atoms with Gasteiger partial charge in [-0.1, -0.05) is 30.3 Å². The van der Waals surface area contributed by atoms with Crippen molar-refractivity contribution in [3.63, 3.8) is 0 Å². The minimum Gasteiger partial charge on any atom is -0.374 e. The van der Waals surface area contributed by atoms with Crippen LogP contribution in [0.15, 0.2) is 67.1 Å². The lowest BCUT2D eigenvalue weighted by Crippen LogP contribution is -2.51. The number of aromatic nitrogens is 3. The van der Waals surface area contributed by atoms with Crippen molar-refractivity contribution in [1.29, 1.82) is 0 Å². The molecule has 2 aliphatic heterocycles. The Balaban J connectivity index is 1.08. The Hall–Kier alpha value is -4.57. The number of carbonyl (C=O) groups excluding carboxylic acids is 2. The van der Waals surface area contributed by atoms with Crippen LogP contribution in [-0.2, 0) is 27.8 Å². The highest BCUT2D eigenvalue weighted by atomic mass is 19.1. The fourth-order valence-electron chi connectivity index (χ4n) is 7.64. The maximum Gasteiger partial charge on any atom is 0.258 e. The van der Waals surface area contributed by atoms with Crippen LogP contribution < -0.4 is 15.5 Å². The number of alkyl halides is 1. The van der Waals surface area contributed by atoms with Crippen LogP contribution in [-0.4, -0.2) is 63.4 Å². The third-order valence-corrected chi connectivity index (χ3v) is 10.4. The van der Waals surface area contributed by atoms with E-state index in [9.17, 15) is 14.0 Å². The Bertz CT molecular complexity index is 1830. The number of amides is 2. The molecule has 2 amide bonds. The fourth-order valence-corrected chi connectivity index (χ4v) is 7.64. The second kappa shape index (κ2) is 11.6. The molecular formula is C37H39FN6O3. The van der Waals surface area contributed by atoms with Crippen molar-refractivity contribution in [3.8, 4) is 22.4 Å². The second-order valence-electron chi connectivity index (χ2n) is 13.6. The predicted octanol–water partition coefficient (Wildman–Crippen LogP) is 5.48. The van der Waals surface area contributed by atoms with E-state index in [1.807, 2.05) is 55.1 Å². The van der Waals surface area contributed by atoms with Crippen molar-refractivity contribution in [2.75, 3.05) is 23.4 Å². The van der Waals surface area contributed by atoms with Crippen molar-refractivity contribution in [2.45, 2.75) is 75.2 Å². The van der Waals surface area contributed by atoms with E-state index in [0.717, 1.165) is 77.4 Å². The molecule has 0 spiro atoms. The molecule has 47 heavy (non-hydrogen) atoms. The first-order chi connectivity index (χ1) is 22.8. The van der Waals surface area contributed by atoms with E-state index in [1.165, 1.54) is 0 Å². The maximum absolute atomic E-state index is 15.0. The summed E-state index contributed by atoms with van der Waals surface area (Å²) < 4.78 is 22.7. The van der Waals surface area contributed by atoms with Gasteiger partial charge in [0.05, 0.1) is 36.5 Å². The molecule has 3 fully saturated rings. The highest BCUT2D eigenvalue weighted by Gasteiger charge is 2.52. The number of hydrogen-bond donors (Lipinski definition) is 2. The van der Waals surface area contributed by atoms with Crippen molar-refractivity contribution in [2.24, 2.45) is 7.05 Å². The van der Waals surface area contributed by atoms with Gasteiger partial charge in [-0.3, -0.25) is 9.59 Å².